The third kappa shape index (κ3) is 59.4. The number of aliphatic imine (C=N–C) groups is 2. The second kappa shape index (κ2) is 72.3. The standard InChI is InChI=1S/C14H30N10.C14H30N8.C12H26N8.C7H16N4.C7H13N3.C6H8N4.C6H13N3/c1-10(20-15)6-7-14(24-19)9-13(23-18)5-3-4-12(22-17)8-11(2)21-16;1-3-5-12(20-16)6-4-7-13(21-17)10-14(22-18)9-8-11(2)19-15;1-3-10(18-14)8-12(20-16)6-4-5-11(19-15)7-9(2)17-13;1-3-7(11-9)5-4-6(2)10-8;1-9-6-3-2-4-7(5-6)10-8;7-9-5-1-2-6(10-8)4-3-5;1-5(8-3)4-6(2)9-7/h3-9,15-19H2,1-2H3;3-10,15-18H2,1-2H3;3-8,13-16H2,1-2H3;3-5,8-9H2,1-2H3;2-5,8H2,1H3;1-4,7,10H,8H2;4,7H2,1-3H3/b20-10-,21-11-,22-12+,23-13-,24-14+;19-11-,20-12-,21-13-,22-14+;17-9-,18-10+,19-11+,20-12-;10-6-,11-7+;9-6?,10-7+;;8-5?,9-6-. The van der Waals surface area contributed by atoms with Gasteiger partial charge in [0, 0.05) is 173 Å². The molecule has 0 heterocycles. The number of nitrogens with zero attached hydrogens (tertiary/aromatic N) is 20. The highest BCUT2D eigenvalue weighted by molar-refractivity contribution is 6.09. The van der Waals surface area contributed by atoms with Crippen molar-refractivity contribution in [2.24, 2.45) is 207 Å². The molecule has 1 fully saturated rings. The lowest BCUT2D eigenvalue weighted by Crippen LogP contribution is -2.15. The van der Waals surface area contributed by atoms with Crippen LogP contribution in [0.2, 0.25) is 0 Å². The van der Waals surface area contributed by atoms with Gasteiger partial charge in [0.15, 0.2) is 0 Å². The second-order valence-electron chi connectivity index (χ2n) is 24.0. The molecule has 0 radical (unpaired) electrons. The van der Waals surface area contributed by atoms with E-state index >= 15 is 0 Å². The Morgan fingerprint density at radius 3 is 0.943 bits per heavy atom. The number of rotatable bonds is 39. The van der Waals surface area contributed by atoms with Crippen molar-refractivity contribution >= 4 is 120 Å². The molecule has 1 aromatic carbocycles. The number of anilines is 1. The van der Waals surface area contributed by atoms with Crippen LogP contribution in [-0.4, -0.2) is 123 Å². The predicted molar refractivity (Wildman–Crippen MR) is 454 cm³/mol. The number of hydrogen-bond donors (Lipinski definition) is 20. The van der Waals surface area contributed by atoms with E-state index in [-0.39, 0.29) is 0 Å². The zero-order valence-electron chi connectivity index (χ0n) is 65.7. The summed E-state index contributed by atoms with van der Waals surface area (Å²) in [5, 5.41) is 66.2. The molecule has 600 valence electrons. The average Bonchev–Trinajstić information content (AvgIpc) is 0.942. The summed E-state index contributed by atoms with van der Waals surface area (Å²) in [4.78, 5) is 8.08. The molecule has 40 nitrogen and oxygen atoms in total. The Bertz CT molecular complexity index is 3100. The average molecular weight is 1490 g/mol. The Kier molecular flexibility index (Phi) is 70.6. The van der Waals surface area contributed by atoms with E-state index in [1.54, 1.807) is 31.3 Å². The minimum Gasteiger partial charge on any atom is -0.324 e. The molecule has 0 spiro atoms. The summed E-state index contributed by atoms with van der Waals surface area (Å²) in [5.74, 6) is 94.9. The monoisotopic (exact) mass is 1490 g/mol. The van der Waals surface area contributed by atoms with Crippen LogP contribution in [0.5, 0.6) is 0 Å². The number of nitrogens with one attached hydrogen (secondary N) is 2. The van der Waals surface area contributed by atoms with Crippen molar-refractivity contribution in [3.8, 4) is 0 Å². The molecule has 0 saturated heterocycles. The van der Waals surface area contributed by atoms with Crippen molar-refractivity contribution in [2.75, 3.05) is 19.5 Å². The van der Waals surface area contributed by atoms with Gasteiger partial charge in [0.2, 0.25) is 0 Å². The Morgan fingerprint density at radius 1 is 0.340 bits per heavy atom. The molecule has 0 bridgehead atoms. The largest absolute Gasteiger partial charge is 0.324 e. The van der Waals surface area contributed by atoms with Gasteiger partial charge in [-0.1, -0.05) is 27.2 Å². The highest BCUT2D eigenvalue weighted by Gasteiger charge is 2.14. The van der Waals surface area contributed by atoms with Gasteiger partial charge in [-0.3, -0.25) is 15.8 Å². The fourth-order valence-corrected chi connectivity index (χ4v) is 8.91. The number of hydrogen-bond acceptors (Lipinski definition) is 40. The molecule has 40 heteroatoms. The van der Waals surface area contributed by atoms with Gasteiger partial charge in [-0.2, -0.15) is 91.8 Å². The van der Waals surface area contributed by atoms with Crippen LogP contribution in [0.4, 0.5) is 11.4 Å². The van der Waals surface area contributed by atoms with Gasteiger partial charge in [-0.15, -0.1) is 0 Å². The molecule has 2 rings (SSSR count). The smallest absolute Gasteiger partial charge is 0.0851 e. The minimum absolute atomic E-state index is 0.531. The molecule has 38 N–H and O–H groups in total. The lowest BCUT2D eigenvalue weighted by atomic mass is 9.96. The van der Waals surface area contributed by atoms with Crippen LogP contribution in [0.1, 0.15) is 255 Å². The van der Waals surface area contributed by atoms with E-state index in [1.807, 2.05) is 69.4 Å². The number of benzene rings is 1. The molecule has 1 aromatic rings. The molecule has 1 aliphatic rings. The van der Waals surface area contributed by atoms with E-state index in [0.717, 1.165) is 237 Å². The van der Waals surface area contributed by atoms with E-state index in [0.29, 0.717) is 63.5 Å². The lowest BCUT2D eigenvalue weighted by molar-refractivity contribution is 0.861. The van der Waals surface area contributed by atoms with Crippen LogP contribution in [0.3, 0.4) is 0 Å². The van der Waals surface area contributed by atoms with Crippen molar-refractivity contribution in [1.29, 1.82) is 5.53 Å². The van der Waals surface area contributed by atoms with Crippen LogP contribution in [0.25, 0.3) is 0 Å². The first-order valence-corrected chi connectivity index (χ1v) is 34.9. The van der Waals surface area contributed by atoms with Gasteiger partial charge < -0.3 is 105 Å². The minimum atomic E-state index is 0.531. The van der Waals surface area contributed by atoms with Crippen LogP contribution < -0.4 is 111 Å². The van der Waals surface area contributed by atoms with E-state index in [9.17, 15) is 0 Å². The first kappa shape index (κ1) is 104. The summed E-state index contributed by atoms with van der Waals surface area (Å²) in [6.45, 7) is 19.2. The van der Waals surface area contributed by atoms with Crippen LogP contribution in [0.15, 0.2) is 126 Å². The summed E-state index contributed by atoms with van der Waals surface area (Å²) in [5.41, 5.74) is 27.9. The topological polar surface area (TPSA) is 751 Å². The van der Waals surface area contributed by atoms with Crippen LogP contribution in [-0.2, 0) is 0 Å². The van der Waals surface area contributed by atoms with Crippen molar-refractivity contribution in [3.05, 3.63) is 24.3 Å². The number of nitrogen functional groups attached to an aromatic ring is 1. The normalized spacial score (nSPS) is 15.2. The van der Waals surface area contributed by atoms with Gasteiger partial charge in [0.05, 0.1) is 5.69 Å². The van der Waals surface area contributed by atoms with E-state index in [2.05, 4.69) is 114 Å². The zero-order valence-corrected chi connectivity index (χ0v) is 65.7. The van der Waals surface area contributed by atoms with Gasteiger partial charge in [-0.25, -0.2) is 5.53 Å². The summed E-state index contributed by atoms with van der Waals surface area (Å²) in [6.07, 6.45) is 23.2. The van der Waals surface area contributed by atoms with Crippen LogP contribution in [0, 0.1) is 5.53 Å². The Balaban J connectivity index is -0.000000386. The quantitative estimate of drug-likeness (QED) is 0.0143. The molecule has 0 unspecified atom stereocenters. The van der Waals surface area contributed by atoms with Gasteiger partial charge in [0.25, 0.3) is 0 Å². The Hall–Kier alpha value is -11.1. The number of nitrogens with two attached hydrogens (primary N) is 18. The molecular weight excluding hydrogens is 1350 g/mol. The van der Waals surface area contributed by atoms with Gasteiger partial charge >= 0.3 is 0 Å². The van der Waals surface area contributed by atoms with E-state index in [4.69, 9.17) is 111 Å². The molecule has 0 aromatic heterocycles. The number of hydrazone groups is 17. The molecule has 106 heavy (non-hydrogen) atoms. The zero-order chi connectivity index (χ0) is 81.3. The first-order chi connectivity index (χ1) is 50.9. The maximum absolute atomic E-state index is 6.64. The van der Waals surface area contributed by atoms with E-state index < -0.39 is 0 Å². The molecule has 1 saturated carbocycles. The third-order valence-corrected chi connectivity index (χ3v) is 15.7. The molecular formula is C66H136N40. The van der Waals surface area contributed by atoms with Crippen LogP contribution >= 0.6 is 0 Å². The van der Waals surface area contributed by atoms with Gasteiger partial charge in [-0.05, 0) is 208 Å². The first-order valence-electron chi connectivity index (χ1n) is 34.9. The van der Waals surface area contributed by atoms with Crippen molar-refractivity contribution in [1.82, 2.24) is 0 Å². The van der Waals surface area contributed by atoms with Crippen molar-refractivity contribution in [2.45, 2.75) is 255 Å². The van der Waals surface area contributed by atoms with Gasteiger partial charge in [0.1, 0.15) is 0 Å². The fraction of sp³-hybridized carbons (Fsp3) is 0.621. The maximum Gasteiger partial charge on any atom is 0.0851 e. The summed E-state index contributed by atoms with van der Waals surface area (Å²) < 4.78 is 0. The lowest BCUT2D eigenvalue weighted by Gasteiger charge is -2.13. The Morgan fingerprint density at radius 2 is 0.651 bits per heavy atom. The second-order valence-corrected chi connectivity index (χ2v) is 24.0. The summed E-state index contributed by atoms with van der Waals surface area (Å²) >= 11 is 0. The molecule has 1 aliphatic carbocycles. The van der Waals surface area contributed by atoms with Crippen molar-refractivity contribution < 1.29 is 0 Å². The number of hydrazine groups is 1. The SMILES string of the molecule is C/C(CC/C(C/C(CCC/C(C/C(C)=N\N)=N\N)=N\N)=N\N)=N/N.CC/C(C/C(CCC/C(C/C(C)=N\N)=N\N)=N\N)=N\N.CC/C(CC/C(C)=N\N)=N\N.CCC/C(CCC/C(C/C(CC/C(C)=N\N)=N/N)=N/N)=N/N.CN=C(C)C/C(C)=N\N.CN=C1CCC/C(=N\N)C1.N=Nc1ccc(NN)cc1. The highest BCUT2D eigenvalue weighted by atomic mass is 15.2. The predicted octanol–water partition coefficient (Wildman–Crippen LogP) is 6.57. The van der Waals surface area contributed by atoms with Crippen molar-refractivity contribution in [3.63, 3.8) is 0 Å². The molecule has 0 amide bonds. The molecule has 0 atom stereocenters. The highest BCUT2D eigenvalue weighted by Crippen LogP contribution is 2.16. The Labute approximate surface area is 629 Å². The third-order valence-electron chi connectivity index (χ3n) is 15.7. The van der Waals surface area contributed by atoms with E-state index in [1.165, 1.54) is 5.71 Å². The fourth-order valence-electron chi connectivity index (χ4n) is 8.91. The summed E-state index contributed by atoms with van der Waals surface area (Å²) in [6, 6.07) is 6.94. The maximum atomic E-state index is 6.64. The summed E-state index contributed by atoms with van der Waals surface area (Å²) in [7, 11) is 3.59. The molecule has 0 aliphatic heterocycles.